The Balaban J connectivity index is 2.38. The van der Waals surface area contributed by atoms with E-state index in [4.69, 9.17) is 0 Å². The summed E-state index contributed by atoms with van der Waals surface area (Å²) in [7, 11) is 1.84. The minimum atomic E-state index is -0.688. The van der Waals surface area contributed by atoms with Gasteiger partial charge in [0.1, 0.15) is 5.54 Å². The van der Waals surface area contributed by atoms with E-state index in [1.54, 1.807) is 11.1 Å². The molecule has 1 aromatic heterocycles. The SMILES string of the molecule is CN1CCCNC(C)(c2ccccn2)C1=O. The van der Waals surface area contributed by atoms with Crippen LogP contribution >= 0.6 is 0 Å². The lowest BCUT2D eigenvalue weighted by atomic mass is 9.95. The Morgan fingerprint density at radius 3 is 3.00 bits per heavy atom. The number of likely N-dealkylation sites (N-methyl/N-ethyl adjacent to an activating group) is 1. The van der Waals surface area contributed by atoms with Crippen LogP contribution in [0.1, 0.15) is 19.0 Å². The van der Waals surface area contributed by atoms with E-state index in [1.807, 2.05) is 32.2 Å². The molecule has 1 aliphatic heterocycles. The molecule has 1 atom stereocenters. The summed E-state index contributed by atoms with van der Waals surface area (Å²) in [5.41, 5.74) is 0.0979. The second kappa shape index (κ2) is 4.22. The monoisotopic (exact) mass is 219 g/mol. The first-order valence-corrected chi connectivity index (χ1v) is 5.57. The van der Waals surface area contributed by atoms with E-state index < -0.39 is 5.54 Å². The number of nitrogens with zero attached hydrogens (tertiary/aromatic N) is 2. The van der Waals surface area contributed by atoms with Crippen LogP contribution in [0.4, 0.5) is 0 Å². The Morgan fingerprint density at radius 1 is 1.50 bits per heavy atom. The minimum absolute atomic E-state index is 0.0868. The summed E-state index contributed by atoms with van der Waals surface area (Å²) in [4.78, 5) is 18.4. The van der Waals surface area contributed by atoms with Gasteiger partial charge >= 0.3 is 0 Å². The molecule has 86 valence electrons. The van der Waals surface area contributed by atoms with Gasteiger partial charge in [-0.3, -0.25) is 15.1 Å². The third-order valence-corrected chi connectivity index (χ3v) is 3.10. The third kappa shape index (κ3) is 1.80. The van der Waals surface area contributed by atoms with E-state index in [1.165, 1.54) is 0 Å². The van der Waals surface area contributed by atoms with Crippen molar-refractivity contribution in [3.63, 3.8) is 0 Å². The summed E-state index contributed by atoms with van der Waals surface area (Å²) in [5.74, 6) is 0.0868. The summed E-state index contributed by atoms with van der Waals surface area (Å²) in [6.07, 6.45) is 2.70. The molecule has 1 amide bonds. The van der Waals surface area contributed by atoms with Crippen molar-refractivity contribution in [3.05, 3.63) is 30.1 Å². The second-order valence-corrected chi connectivity index (χ2v) is 4.35. The molecular weight excluding hydrogens is 202 g/mol. The quantitative estimate of drug-likeness (QED) is 0.758. The summed E-state index contributed by atoms with van der Waals surface area (Å²) in [5, 5.41) is 3.30. The van der Waals surface area contributed by atoms with Gasteiger partial charge in [0, 0.05) is 19.8 Å². The molecule has 4 heteroatoms. The average molecular weight is 219 g/mol. The standard InChI is InChI=1S/C12H17N3O/c1-12(10-6-3-4-7-13-10)11(16)15(2)9-5-8-14-12/h3-4,6-7,14H,5,8-9H2,1-2H3. The van der Waals surface area contributed by atoms with E-state index in [-0.39, 0.29) is 5.91 Å². The predicted octanol–water partition coefficient (Wildman–Crippen LogP) is 0.749. The van der Waals surface area contributed by atoms with E-state index in [0.717, 1.165) is 25.2 Å². The number of nitrogens with one attached hydrogen (secondary N) is 1. The fourth-order valence-corrected chi connectivity index (χ4v) is 2.07. The van der Waals surface area contributed by atoms with Crippen LogP contribution in [0.25, 0.3) is 0 Å². The molecule has 4 nitrogen and oxygen atoms in total. The maximum atomic E-state index is 12.3. The number of hydrogen-bond donors (Lipinski definition) is 1. The zero-order valence-corrected chi connectivity index (χ0v) is 9.73. The zero-order valence-electron chi connectivity index (χ0n) is 9.73. The second-order valence-electron chi connectivity index (χ2n) is 4.35. The van der Waals surface area contributed by atoms with Crippen LogP contribution in [0.2, 0.25) is 0 Å². The number of carbonyl (C=O) groups is 1. The first kappa shape index (κ1) is 11.1. The molecule has 2 heterocycles. The molecule has 0 aromatic carbocycles. The van der Waals surface area contributed by atoms with Crippen molar-refractivity contribution >= 4 is 5.91 Å². The number of aromatic nitrogens is 1. The minimum Gasteiger partial charge on any atom is -0.344 e. The van der Waals surface area contributed by atoms with Gasteiger partial charge in [-0.2, -0.15) is 0 Å². The van der Waals surface area contributed by atoms with Crippen LogP contribution in [-0.4, -0.2) is 35.9 Å². The van der Waals surface area contributed by atoms with E-state index in [2.05, 4.69) is 10.3 Å². The Kier molecular flexibility index (Phi) is 2.92. The number of rotatable bonds is 1. The van der Waals surface area contributed by atoms with Crippen LogP contribution in [0, 0.1) is 0 Å². The molecular formula is C12H17N3O. The van der Waals surface area contributed by atoms with E-state index in [0.29, 0.717) is 0 Å². The maximum Gasteiger partial charge on any atom is 0.248 e. The highest BCUT2D eigenvalue weighted by Crippen LogP contribution is 2.22. The van der Waals surface area contributed by atoms with Gasteiger partial charge in [-0.15, -0.1) is 0 Å². The Bertz CT molecular complexity index is 379. The van der Waals surface area contributed by atoms with Gasteiger partial charge in [-0.25, -0.2) is 0 Å². The molecule has 2 rings (SSSR count). The summed E-state index contributed by atoms with van der Waals surface area (Å²) < 4.78 is 0. The van der Waals surface area contributed by atoms with E-state index >= 15 is 0 Å². The van der Waals surface area contributed by atoms with Crippen LogP contribution in [0.3, 0.4) is 0 Å². The van der Waals surface area contributed by atoms with Gasteiger partial charge in [0.2, 0.25) is 5.91 Å². The predicted molar refractivity (Wildman–Crippen MR) is 61.8 cm³/mol. The Hall–Kier alpha value is -1.42. The van der Waals surface area contributed by atoms with Gasteiger partial charge in [-0.1, -0.05) is 6.07 Å². The summed E-state index contributed by atoms with van der Waals surface area (Å²) in [6, 6.07) is 5.66. The Morgan fingerprint density at radius 2 is 2.31 bits per heavy atom. The fraction of sp³-hybridized carbons (Fsp3) is 0.500. The number of carbonyl (C=O) groups excluding carboxylic acids is 1. The lowest BCUT2D eigenvalue weighted by molar-refractivity contribution is -0.135. The van der Waals surface area contributed by atoms with Gasteiger partial charge in [0.15, 0.2) is 0 Å². The van der Waals surface area contributed by atoms with Gasteiger partial charge in [0.05, 0.1) is 5.69 Å². The lowest BCUT2D eigenvalue weighted by Gasteiger charge is -2.29. The van der Waals surface area contributed by atoms with Crippen LogP contribution in [-0.2, 0) is 10.3 Å². The smallest absolute Gasteiger partial charge is 0.248 e. The van der Waals surface area contributed by atoms with Crippen LogP contribution in [0.15, 0.2) is 24.4 Å². The van der Waals surface area contributed by atoms with Crippen LogP contribution < -0.4 is 5.32 Å². The normalized spacial score (nSPS) is 26.6. The lowest BCUT2D eigenvalue weighted by Crippen LogP contribution is -2.50. The topological polar surface area (TPSA) is 45.2 Å². The van der Waals surface area contributed by atoms with Crippen molar-refractivity contribution in [1.29, 1.82) is 0 Å². The summed E-state index contributed by atoms with van der Waals surface area (Å²) >= 11 is 0. The highest BCUT2D eigenvalue weighted by Gasteiger charge is 2.39. The summed E-state index contributed by atoms with van der Waals surface area (Å²) in [6.45, 7) is 3.54. The molecule has 1 aromatic rings. The zero-order chi connectivity index (χ0) is 11.6. The molecule has 1 fully saturated rings. The number of hydrogen-bond acceptors (Lipinski definition) is 3. The van der Waals surface area contributed by atoms with Crippen molar-refractivity contribution in [2.24, 2.45) is 0 Å². The molecule has 1 aliphatic rings. The van der Waals surface area contributed by atoms with Crippen molar-refractivity contribution in [3.8, 4) is 0 Å². The van der Waals surface area contributed by atoms with Crippen molar-refractivity contribution in [1.82, 2.24) is 15.2 Å². The highest BCUT2D eigenvalue weighted by molar-refractivity contribution is 5.86. The van der Waals surface area contributed by atoms with Gasteiger partial charge in [-0.05, 0) is 32.0 Å². The highest BCUT2D eigenvalue weighted by atomic mass is 16.2. The molecule has 0 aliphatic carbocycles. The van der Waals surface area contributed by atoms with E-state index in [9.17, 15) is 4.79 Å². The first-order chi connectivity index (χ1) is 7.64. The van der Waals surface area contributed by atoms with Crippen molar-refractivity contribution in [2.75, 3.05) is 20.1 Å². The average Bonchev–Trinajstić information content (AvgIpc) is 2.45. The van der Waals surface area contributed by atoms with Crippen molar-refractivity contribution in [2.45, 2.75) is 18.9 Å². The van der Waals surface area contributed by atoms with Gasteiger partial charge < -0.3 is 4.90 Å². The molecule has 16 heavy (non-hydrogen) atoms. The number of amides is 1. The molecule has 0 spiro atoms. The maximum absolute atomic E-state index is 12.3. The van der Waals surface area contributed by atoms with Crippen LogP contribution in [0.5, 0.6) is 0 Å². The largest absolute Gasteiger partial charge is 0.344 e. The molecule has 0 saturated carbocycles. The third-order valence-electron chi connectivity index (χ3n) is 3.10. The fourth-order valence-electron chi connectivity index (χ4n) is 2.07. The molecule has 0 bridgehead atoms. The molecule has 1 saturated heterocycles. The molecule has 1 N–H and O–H groups in total. The molecule has 0 radical (unpaired) electrons. The van der Waals surface area contributed by atoms with Crippen molar-refractivity contribution < 1.29 is 4.79 Å². The van der Waals surface area contributed by atoms with Gasteiger partial charge in [0.25, 0.3) is 0 Å². The first-order valence-electron chi connectivity index (χ1n) is 5.57. The molecule has 1 unspecified atom stereocenters. The number of pyridine rings is 1. The Labute approximate surface area is 95.7 Å².